The van der Waals surface area contributed by atoms with E-state index in [4.69, 9.17) is 17.0 Å². The average Bonchev–Trinajstić information content (AvgIpc) is 2.93. The van der Waals surface area contributed by atoms with Crippen molar-refractivity contribution in [2.45, 2.75) is 18.7 Å². The third-order valence-electron chi connectivity index (χ3n) is 2.77. The number of sulfonamides is 1. The number of carbonyl (C=O) groups is 1. The highest BCUT2D eigenvalue weighted by Gasteiger charge is 2.26. The molecule has 12 heteroatoms. The second kappa shape index (κ2) is 6.71. The number of ether oxygens (including phenoxy) is 1. The van der Waals surface area contributed by atoms with Gasteiger partial charge in [0.05, 0.1) is 6.61 Å². The number of carbonyl (C=O) groups excluding carboxylic acids is 1. The number of thiophene rings is 1. The predicted octanol–water partition coefficient (Wildman–Crippen LogP) is 2.43. The van der Waals surface area contributed by atoms with Gasteiger partial charge in [0, 0.05) is 21.8 Å². The van der Waals surface area contributed by atoms with Crippen molar-refractivity contribution in [1.82, 2.24) is 19.1 Å². The van der Waals surface area contributed by atoms with Gasteiger partial charge in [0.25, 0.3) is 10.0 Å². The molecule has 0 aromatic carbocycles. The number of aryl methyl sites for hydroxylation is 1. The van der Waals surface area contributed by atoms with Crippen LogP contribution in [-0.4, -0.2) is 35.4 Å². The molecular formula is C11H13BrN4O4S3. The molecule has 0 atom stereocenters. The van der Waals surface area contributed by atoms with Crippen molar-refractivity contribution in [3.63, 3.8) is 0 Å². The van der Waals surface area contributed by atoms with Gasteiger partial charge < -0.3 is 4.74 Å². The van der Waals surface area contributed by atoms with Crippen molar-refractivity contribution >= 4 is 55.5 Å². The van der Waals surface area contributed by atoms with Crippen molar-refractivity contribution < 1.29 is 17.9 Å². The zero-order chi connectivity index (χ0) is 17.4. The molecule has 2 aromatic rings. The number of hydrogen-bond donors (Lipinski definition) is 1. The number of amides is 1. The van der Waals surface area contributed by atoms with Crippen molar-refractivity contribution in [1.29, 1.82) is 0 Å². The van der Waals surface area contributed by atoms with Crippen LogP contribution >= 0.6 is 39.5 Å². The number of hydrogen-bond acceptors (Lipinski definition) is 7. The lowest BCUT2D eigenvalue weighted by Crippen LogP contribution is -2.35. The van der Waals surface area contributed by atoms with Crippen molar-refractivity contribution in [3.8, 4) is 6.01 Å². The smallest absolute Gasteiger partial charge is 0.358 e. The minimum atomic E-state index is -4.05. The van der Waals surface area contributed by atoms with E-state index in [0.29, 0.717) is 16.0 Å². The summed E-state index contributed by atoms with van der Waals surface area (Å²) < 4.78 is 34.5. The summed E-state index contributed by atoms with van der Waals surface area (Å²) in [7, 11) is -2.48. The van der Waals surface area contributed by atoms with Gasteiger partial charge in [0.15, 0.2) is 0 Å². The number of halogens is 1. The molecule has 0 spiro atoms. The standard InChI is InChI=1S/C11H13BrN4O4S3/c1-4-20-10-13-16(11(21)15(10)3)9(17)14-23(18,19)8-6(2)22-5-7(8)12/h5H,4H2,1-3H3,(H,14,17). The quantitative estimate of drug-likeness (QED) is 0.733. The molecule has 0 saturated carbocycles. The molecule has 0 unspecified atom stereocenters. The Bertz CT molecular complexity index is 893. The van der Waals surface area contributed by atoms with Crippen LogP contribution < -0.4 is 9.46 Å². The van der Waals surface area contributed by atoms with Crippen LogP contribution in [0, 0.1) is 11.7 Å². The monoisotopic (exact) mass is 440 g/mol. The minimum absolute atomic E-state index is 0.0160. The summed E-state index contributed by atoms with van der Waals surface area (Å²) in [6.45, 7) is 3.73. The lowest BCUT2D eigenvalue weighted by Gasteiger charge is -2.06. The Morgan fingerprint density at radius 3 is 2.74 bits per heavy atom. The molecule has 126 valence electrons. The van der Waals surface area contributed by atoms with Crippen LogP contribution in [0.4, 0.5) is 4.79 Å². The molecule has 0 fully saturated rings. The van der Waals surface area contributed by atoms with E-state index in [1.807, 2.05) is 4.72 Å². The summed E-state index contributed by atoms with van der Waals surface area (Å²) in [5.41, 5.74) is 0. The largest absolute Gasteiger partial charge is 0.464 e. The third-order valence-corrected chi connectivity index (χ3v) is 6.96. The Morgan fingerprint density at radius 1 is 1.57 bits per heavy atom. The Kier molecular flexibility index (Phi) is 5.28. The van der Waals surface area contributed by atoms with Gasteiger partial charge in [-0.05, 0) is 42.0 Å². The lowest BCUT2D eigenvalue weighted by molar-refractivity contribution is 0.243. The molecule has 0 radical (unpaired) electrons. The fourth-order valence-corrected chi connectivity index (χ4v) is 5.57. The Morgan fingerprint density at radius 2 is 2.22 bits per heavy atom. The third kappa shape index (κ3) is 3.49. The summed E-state index contributed by atoms with van der Waals surface area (Å²) in [4.78, 5) is 12.8. The summed E-state index contributed by atoms with van der Waals surface area (Å²) in [6, 6.07) is -0.855. The maximum absolute atomic E-state index is 12.4. The highest BCUT2D eigenvalue weighted by molar-refractivity contribution is 9.10. The second-order valence-electron chi connectivity index (χ2n) is 4.35. The van der Waals surface area contributed by atoms with Gasteiger partial charge in [-0.2, -0.15) is 0 Å². The highest BCUT2D eigenvalue weighted by Crippen LogP contribution is 2.30. The minimum Gasteiger partial charge on any atom is -0.464 e. The van der Waals surface area contributed by atoms with Gasteiger partial charge in [-0.25, -0.2) is 17.9 Å². The van der Waals surface area contributed by atoms with E-state index in [9.17, 15) is 13.2 Å². The summed E-state index contributed by atoms with van der Waals surface area (Å²) in [6.07, 6.45) is 0. The van der Waals surface area contributed by atoms with Crippen LogP contribution in [0.3, 0.4) is 0 Å². The van der Waals surface area contributed by atoms with Crippen LogP contribution in [0.5, 0.6) is 6.01 Å². The predicted molar refractivity (Wildman–Crippen MR) is 91.1 cm³/mol. The van der Waals surface area contributed by atoms with Gasteiger partial charge >= 0.3 is 12.0 Å². The Balaban J connectivity index is 2.36. The molecule has 0 aliphatic carbocycles. The van der Waals surface area contributed by atoms with Crippen LogP contribution in [0.2, 0.25) is 0 Å². The van der Waals surface area contributed by atoms with E-state index in [2.05, 4.69) is 21.0 Å². The van der Waals surface area contributed by atoms with Crippen LogP contribution in [-0.2, 0) is 17.1 Å². The van der Waals surface area contributed by atoms with Crippen LogP contribution in [0.1, 0.15) is 11.8 Å². The average molecular weight is 441 g/mol. The lowest BCUT2D eigenvalue weighted by atomic mass is 10.5. The molecule has 2 aromatic heterocycles. The molecule has 0 aliphatic rings. The molecule has 2 rings (SSSR count). The fraction of sp³-hybridized carbons (Fsp3) is 0.364. The molecule has 2 heterocycles. The summed E-state index contributed by atoms with van der Waals surface area (Å²) in [5.74, 6) is 0. The Hall–Kier alpha value is -1.24. The first-order valence-corrected chi connectivity index (χ1v) is 9.85. The molecule has 0 aliphatic heterocycles. The SMILES string of the molecule is CCOc1nn(C(=O)NS(=O)(=O)c2c(Br)csc2C)c(=S)n1C. The number of nitrogens with one attached hydrogen (secondary N) is 1. The van der Waals surface area contributed by atoms with Gasteiger partial charge in [0.1, 0.15) is 4.90 Å². The normalized spacial score (nSPS) is 11.5. The maximum Gasteiger partial charge on any atom is 0.358 e. The molecule has 0 saturated heterocycles. The highest BCUT2D eigenvalue weighted by atomic mass is 79.9. The number of rotatable bonds is 4. The van der Waals surface area contributed by atoms with Gasteiger partial charge in [0.2, 0.25) is 4.77 Å². The van der Waals surface area contributed by atoms with Crippen molar-refractivity contribution in [2.24, 2.45) is 7.05 Å². The van der Waals surface area contributed by atoms with E-state index in [1.165, 1.54) is 15.9 Å². The molecular weight excluding hydrogens is 428 g/mol. The van der Waals surface area contributed by atoms with E-state index in [-0.39, 0.29) is 15.7 Å². The van der Waals surface area contributed by atoms with Gasteiger partial charge in [-0.3, -0.25) is 4.57 Å². The van der Waals surface area contributed by atoms with Crippen molar-refractivity contribution in [2.75, 3.05) is 6.61 Å². The molecule has 1 N–H and O–H groups in total. The molecule has 23 heavy (non-hydrogen) atoms. The summed E-state index contributed by atoms with van der Waals surface area (Å²) >= 11 is 9.48. The van der Waals surface area contributed by atoms with E-state index in [0.717, 1.165) is 4.68 Å². The molecule has 1 amide bonds. The van der Waals surface area contributed by atoms with Crippen molar-refractivity contribution in [3.05, 3.63) is 19.5 Å². The van der Waals surface area contributed by atoms with E-state index >= 15 is 0 Å². The maximum atomic E-state index is 12.4. The first-order chi connectivity index (χ1) is 10.7. The number of aromatic nitrogens is 3. The summed E-state index contributed by atoms with van der Waals surface area (Å²) in [5, 5.41) is 5.51. The molecule has 8 nitrogen and oxygen atoms in total. The van der Waals surface area contributed by atoms with Crippen LogP contribution in [0.25, 0.3) is 0 Å². The second-order valence-corrected chi connectivity index (χ2v) is 8.27. The van der Waals surface area contributed by atoms with Crippen LogP contribution in [0.15, 0.2) is 14.7 Å². The fourth-order valence-electron chi connectivity index (χ4n) is 1.75. The zero-order valence-electron chi connectivity index (χ0n) is 12.4. The van der Waals surface area contributed by atoms with E-state index < -0.39 is 16.1 Å². The topological polar surface area (TPSA) is 95.2 Å². The Labute approximate surface area is 150 Å². The first-order valence-electron chi connectivity index (χ1n) is 6.28. The van der Waals surface area contributed by atoms with Gasteiger partial charge in [-0.1, -0.05) is 0 Å². The van der Waals surface area contributed by atoms with E-state index in [1.54, 1.807) is 26.3 Å². The zero-order valence-corrected chi connectivity index (χ0v) is 16.4. The van der Waals surface area contributed by atoms with Gasteiger partial charge in [-0.15, -0.1) is 21.1 Å². The number of nitrogens with zero attached hydrogens (tertiary/aromatic N) is 3. The molecule has 0 bridgehead atoms. The first kappa shape index (κ1) is 18.1.